The Morgan fingerprint density at radius 2 is 1.94 bits per heavy atom. The number of ether oxygens (including phenoxy) is 1. The Morgan fingerprint density at radius 1 is 1.17 bits per heavy atom. The molecule has 0 unspecified atom stereocenters. The predicted octanol–water partition coefficient (Wildman–Crippen LogP) is 4.19. The van der Waals surface area contributed by atoms with E-state index in [0.29, 0.717) is 67.0 Å². The van der Waals surface area contributed by atoms with Crippen LogP contribution in [0.15, 0.2) is 45.8 Å². The molecule has 8 nitrogen and oxygen atoms in total. The van der Waals surface area contributed by atoms with E-state index in [1.807, 2.05) is 25.1 Å². The molecule has 1 fully saturated rings. The Hall–Kier alpha value is -2.43. The van der Waals surface area contributed by atoms with Gasteiger partial charge < -0.3 is 15.0 Å². The molecule has 2 amide bonds. The highest BCUT2D eigenvalue weighted by Gasteiger charge is 2.38. The average molecular weight is 565 g/mol. The van der Waals surface area contributed by atoms with Crippen molar-refractivity contribution in [3.8, 4) is 5.75 Å². The molecule has 0 aliphatic carbocycles. The maximum absolute atomic E-state index is 13.8. The highest BCUT2D eigenvalue weighted by atomic mass is 79.9. The molecular formula is C25H30BrN3O5S. The molecule has 0 aromatic heterocycles. The van der Waals surface area contributed by atoms with Gasteiger partial charge in [-0.15, -0.1) is 0 Å². The normalized spacial score (nSPS) is 18.3. The molecule has 35 heavy (non-hydrogen) atoms. The summed E-state index contributed by atoms with van der Waals surface area (Å²) in [5, 5.41) is 2.91. The van der Waals surface area contributed by atoms with Gasteiger partial charge in [0, 0.05) is 30.5 Å². The maximum atomic E-state index is 13.8. The van der Waals surface area contributed by atoms with Gasteiger partial charge in [0.15, 0.2) is 0 Å². The van der Waals surface area contributed by atoms with Crippen LogP contribution in [0.3, 0.4) is 0 Å². The molecule has 0 radical (unpaired) electrons. The SMILES string of the molecule is CCOc1ccccc1NC(=O)[C@@H]1CCCN(S(=O)(=O)c2cc(Br)cc3c2N(C(=O)CC)CC3)C1. The Bertz CT molecular complexity index is 1230. The molecule has 0 spiro atoms. The summed E-state index contributed by atoms with van der Waals surface area (Å²) in [4.78, 5) is 27.3. The van der Waals surface area contributed by atoms with Gasteiger partial charge in [0.25, 0.3) is 0 Å². The van der Waals surface area contributed by atoms with Gasteiger partial charge in [-0.2, -0.15) is 4.31 Å². The van der Waals surface area contributed by atoms with Gasteiger partial charge in [-0.25, -0.2) is 8.42 Å². The number of nitrogens with one attached hydrogen (secondary N) is 1. The van der Waals surface area contributed by atoms with E-state index in [1.54, 1.807) is 30.0 Å². The lowest BCUT2D eigenvalue weighted by atomic mass is 9.98. The Balaban J connectivity index is 1.59. The van der Waals surface area contributed by atoms with E-state index in [2.05, 4.69) is 21.2 Å². The van der Waals surface area contributed by atoms with Crippen molar-refractivity contribution in [1.82, 2.24) is 4.31 Å². The first-order chi connectivity index (χ1) is 16.8. The summed E-state index contributed by atoms with van der Waals surface area (Å²) in [6, 6.07) is 10.6. The van der Waals surface area contributed by atoms with E-state index < -0.39 is 15.9 Å². The number of rotatable bonds is 7. The van der Waals surface area contributed by atoms with Crippen LogP contribution in [0, 0.1) is 5.92 Å². The highest BCUT2D eigenvalue weighted by molar-refractivity contribution is 9.10. The zero-order valence-electron chi connectivity index (χ0n) is 19.9. The van der Waals surface area contributed by atoms with E-state index in [-0.39, 0.29) is 23.3 Å². The number of nitrogens with zero attached hydrogens (tertiary/aromatic N) is 2. The molecule has 2 aliphatic rings. The number of sulfonamides is 1. The summed E-state index contributed by atoms with van der Waals surface area (Å²) in [5.41, 5.74) is 1.87. The third kappa shape index (κ3) is 5.24. The quantitative estimate of drug-likeness (QED) is 0.545. The van der Waals surface area contributed by atoms with Crippen LogP contribution in [0.1, 0.15) is 38.7 Å². The second-order valence-electron chi connectivity index (χ2n) is 8.68. The van der Waals surface area contributed by atoms with Crippen molar-refractivity contribution in [3.63, 3.8) is 0 Å². The van der Waals surface area contributed by atoms with Crippen LogP contribution in [0.5, 0.6) is 5.75 Å². The van der Waals surface area contributed by atoms with Gasteiger partial charge in [0.2, 0.25) is 21.8 Å². The third-order valence-electron chi connectivity index (χ3n) is 6.41. The zero-order valence-corrected chi connectivity index (χ0v) is 22.3. The third-order valence-corrected chi connectivity index (χ3v) is 8.75. The molecule has 2 aliphatic heterocycles. The maximum Gasteiger partial charge on any atom is 0.245 e. The number of para-hydroxylation sites is 2. The number of piperidine rings is 1. The van der Waals surface area contributed by atoms with Crippen LogP contribution >= 0.6 is 15.9 Å². The largest absolute Gasteiger partial charge is 0.492 e. The summed E-state index contributed by atoms with van der Waals surface area (Å²) in [6.45, 7) is 4.97. The van der Waals surface area contributed by atoms with Crippen molar-refractivity contribution in [1.29, 1.82) is 0 Å². The van der Waals surface area contributed by atoms with Crippen LogP contribution < -0.4 is 15.0 Å². The van der Waals surface area contributed by atoms with Crippen molar-refractivity contribution in [2.24, 2.45) is 5.92 Å². The fourth-order valence-electron chi connectivity index (χ4n) is 4.71. The molecule has 2 heterocycles. The standard InChI is InChI=1S/C25H30BrN3O5S/c1-3-23(30)29-13-11-17-14-19(26)15-22(24(17)29)35(32,33)28-12-7-8-18(16-28)25(31)27-20-9-5-6-10-21(20)34-4-2/h5-6,9-10,14-15,18H,3-4,7-8,11-13,16H2,1-2H3,(H,27,31)/t18-/m1/s1. The summed E-state index contributed by atoms with van der Waals surface area (Å²) in [6.07, 6.45) is 2.06. The highest BCUT2D eigenvalue weighted by Crippen LogP contribution is 2.40. The minimum Gasteiger partial charge on any atom is -0.492 e. The number of hydrogen-bond acceptors (Lipinski definition) is 5. The number of carbonyl (C=O) groups excluding carboxylic acids is 2. The number of anilines is 2. The number of amides is 2. The number of benzene rings is 2. The van der Waals surface area contributed by atoms with Crippen LogP contribution in [0.25, 0.3) is 0 Å². The topological polar surface area (TPSA) is 96.0 Å². The van der Waals surface area contributed by atoms with E-state index >= 15 is 0 Å². The number of carbonyl (C=O) groups is 2. The molecule has 0 saturated carbocycles. The monoisotopic (exact) mass is 563 g/mol. The molecule has 1 atom stereocenters. The smallest absolute Gasteiger partial charge is 0.245 e. The lowest BCUT2D eigenvalue weighted by Crippen LogP contribution is -2.44. The van der Waals surface area contributed by atoms with Crippen molar-refractivity contribution in [2.45, 2.75) is 44.4 Å². The zero-order chi connectivity index (χ0) is 25.2. The van der Waals surface area contributed by atoms with Gasteiger partial charge in [-0.1, -0.05) is 35.0 Å². The van der Waals surface area contributed by atoms with Crippen molar-refractivity contribution < 1.29 is 22.7 Å². The molecule has 188 valence electrons. The fraction of sp³-hybridized carbons (Fsp3) is 0.440. The van der Waals surface area contributed by atoms with E-state index in [4.69, 9.17) is 4.74 Å². The second kappa shape index (κ2) is 10.7. The average Bonchev–Trinajstić information content (AvgIpc) is 3.28. The number of halogens is 1. The van der Waals surface area contributed by atoms with E-state index in [0.717, 1.165) is 5.56 Å². The van der Waals surface area contributed by atoms with Gasteiger partial charge in [0.05, 0.1) is 23.9 Å². The Morgan fingerprint density at radius 3 is 2.69 bits per heavy atom. The molecule has 2 aromatic rings. The minimum absolute atomic E-state index is 0.0774. The first-order valence-corrected chi connectivity index (χ1v) is 14.1. The molecule has 4 rings (SSSR count). The van der Waals surface area contributed by atoms with Gasteiger partial charge in [0.1, 0.15) is 10.6 Å². The molecule has 0 bridgehead atoms. The Kier molecular flexibility index (Phi) is 7.83. The number of hydrogen-bond donors (Lipinski definition) is 1. The molecule has 1 N–H and O–H groups in total. The van der Waals surface area contributed by atoms with Crippen molar-refractivity contribution in [3.05, 3.63) is 46.4 Å². The van der Waals surface area contributed by atoms with Crippen molar-refractivity contribution >= 4 is 49.1 Å². The molecule has 2 aromatic carbocycles. The first kappa shape index (κ1) is 25.7. The van der Waals surface area contributed by atoms with E-state index in [1.165, 1.54) is 4.31 Å². The molecule has 10 heteroatoms. The molecule has 1 saturated heterocycles. The second-order valence-corrected chi connectivity index (χ2v) is 11.5. The minimum atomic E-state index is -3.94. The lowest BCUT2D eigenvalue weighted by molar-refractivity contribution is -0.121. The van der Waals surface area contributed by atoms with Crippen molar-refractivity contribution in [2.75, 3.05) is 36.5 Å². The van der Waals surface area contributed by atoms with Crippen LogP contribution in [-0.4, -0.2) is 50.8 Å². The first-order valence-electron chi connectivity index (χ1n) is 11.9. The summed E-state index contributed by atoms with van der Waals surface area (Å²) in [7, 11) is -3.94. The van der Waals surface area contributed by atoms with E-state index in [9.17, 15) is 18.0 Å². The van der Waals surface area contributed by atoms with Gasteiger partial charge >= 0.3 is 0 Å². The van der Waals surface area contributed by atoms with Crippen LogP contribution in [0.2, 0.25) is 0 Å². The van der Waals surface area contributed by atoms with Gasteiger partial charge in [-0.05, 0) is 56.0 Å². The molecular weight excluding hydrogens is 534 g/mol. The predicted molar refractivity (Wildman–Crippen MR) is 138 cm³/mol. The summed E-state index contributed by atoms with van der Waals surface area (Å²) >= 11 is 3.44. The van der Waals surface area contributed by atoms with Crippen LogP contribution in [0.4, 0.5) is 11.4 Å². The lowest BCUT2D eigenvalue weighted by Gasteiger charge is -2.32. The van der Waals surface area contributed by atoms with Gasteiger partial charge in [-0.3, -0.25) is 9.59 Å². The van der Waals surface area contributed by atoms with Crippen LogP contribution in [-0.2, 0) is 26.0 Å². The summed E-state index contributed by atoms with van der Waals surface area (Å²) in [5.74, 6) is -0.262. The Labute approximate surface area is 214 Å². The summed E-state index contributed by atoms with van der Waals surface area (Å²) < 4.78 is 35.3. The fourth-order valence-corrected chi connectivity index (χ4v) is 7.15. The number of fused-ring (bicyclic) bond motifs is 1.